The summed E-state index contributed by atoms with van der Waals surface area (Å²) in [5.41, 5.74) is 18.5. The maximum Gasteiger partial charge on any atom is 0.123 e. The molecule has 3 aromatic carbocycles. The standard InChI is InChI=1S/C68H71FN4/c1-6-9-16-24-51(4)72(61-45-47-68-65(49-61)63-30-21-15-22-31-67(63)71(68)50-52-25-17-12-11-13-18-26-52)59-38-32-53(33-39-59)54-34-40-60(41-35-54)73(58-28-19-14-20-29-58)62-44-46-66(70(5)57-42-36-56(69)37-43-57)64(48-62)55(23-8-3)27-10-7-2/h6-13,16-17,19,21-24,26-32,34,36-38,40,42-49,51H,14-15,18,20,25,33,35,39,41,50H2,1-5H3/b9-6-,10-7-,13-11-,17-12-,23-8-,24-16-,52-26-,55-27+. The van der Waals surface area contributed by atoms with Gasteiger partial charge in [0, 0.05) is 87.2 Å². The van der Waals surface area contributed by atoms with Crippen molar-refractivity contribution in [2.75, 3.05) is 21.7 Å². The molecule has 0 aliphatic heterocycles. The number of hydrogen-bond donors (Lipinski definition) is 0. The molecule has 0 amide bonds. The van der Waals surface area contributed by atoms with Crippen LogP contribution in [0.3, 0.4) is 0 Å². The van der Waals surface area contributed by atoms with E-state index in [1.54, 1.807) is 0 Å². The number of anilines is 4. The highest BCUT2D eigenvalue weighted by Gasteiger charge is 2.26. The van der Waals surface area contributed by atoms with Crippen molar-refractivity contribution in [1.29, 1.82) is 0 Å². The summed E-state index contributed by atoms with van der Waals surface area (Å²) in [7, 11) is 2.06. The van der Waals surface area contributed by atoms with Crippen molar-refractivity contribution < 1.29 is 4.39 Å². The van der Waals surface area contributed by atoms with E-state index in [1.807, 2.05) is 19.1 Å². The van der Waals surface area contributed by atoms with Crippen molar-refractivity contribution in [2.45, 2.75) is 98.1 Å². The van der Waals surface area contributed by atoms with Crippen LogP contribution in [0.15, 0.2) is 234 Å². The van der Waals surface area contributed by atoms with Crippen LogP contribution in [0.5, 0.6) is 0 Å². The van der Waals surface area contributed by atoms with Crippen molar-refractivity contribution in [3.05, 3.63) is 257 Å². The topological polar surface area (TPSA) is 14.7 Å². The zero-order valence-corrected chi connectivity index (χ0v) is 43.5. The summed E-state index contributed by atoms with van der Waals surface area (Å²) in [4.78, 5) is 7.17. The van der Waals surface area contributed by atoms with E-state index in [9.17, 15) is 4.39 Å². The lowest BCUT2D eigenvalue weighted by Crippen LogP contribution is -2.31. The molecule has 1 unspecified atom stereocenters. The largest absolute Gasteiger partial charge is 0.344 e. The van der Waals surface area contributed by atoms with E-state index in [4.69, 9.17) is 0 Å². The Bertz CT molecular complexity index is 3190. The number of fused-ring (bicyclic) bond motifs is 3. The molecule has 1 atom stereocenters. The second-order valence-electron chi connectivity index (χ2n) is 19.3. The molecule has 1 aromatic heterocycles. The lowest BCUT2D eigenvalue weighted by Gasteiger charge is -2.35. The van der Waals surface area contributed by atoms with Gasteiger partial charge < -0.3 is 19.3 Å². The minimum absolute atomic E-state index is 0.143. The average molecular weight is 963 g/mol. The van der Waals surface area contributed by atoms with E-state index < -0.39 is 0 Å². The van der Waals surface area contributed by atoms with Gasteiger partial charge in [-0.15, -0.1) is 0 Å². The summed E-state index contributed by atoms with van der Waals surface area (Å²) in [6, 6.07) is 20.8. The van der Waals surface area contributed by atoms with Gasteiger partial charge in [0.1, 0.15) is 5.82 Å². The molecule has 5 aliphatic carbocycles. The summed E-state index contributed by atoms with van der Waals surface area (Å²) >= 11 is 0. The molecule has 4 nitrogen and oxygen atoms in total. The second-order valence-corrected chi connectivity index (χ2v) is 19.3. The van der Waals surface area contributed by atoms with Crippen LogP contribution in [0.4, 0.5) is 27.1 Å². The fraction of sp³-hybridized carbons (Fsp3) is 0.235. The first kappa shape index (κ1) is 50.3. The van der Waals surface area contributed by atoms with Crippen LogP contribution in [0.25, 0.3) is 28.6 Å². The monoisotopic (exact) mass is 963 g/mol. The van der Waals surface area contributed by atoms with Crippen LogP contribution >= 0.6 is 0 Å². The van der Waals surface area contributed by atoms with E-state index in [0.717, 1.165) is 92.5 Å². The fourth-order valence-corrected chi connectivity index (χ4v) is 10.7. The fourth-order valence-electron chi connectivity index (χ4n) is 10.7. The SMILES string of the molecule is C/C=C\C=C/C(C)N(C1=CC=C(C2=CC=C(N(C3=CCCC=C3)c3ccc(N(C)c4ccc(F)cc4)c(C(/C=C\C)=C/C=C\C)c3)CC2)CC1)c1ccc2c(c1)c1c(n2C/C2=C\C/C=C\C=C/C2)C=CCC=C1. The highest BCUT2D eigenvalue weighted by Crippen LogP contribution is 2.42. The van der Waals surface area contributed by atoms with Gasteiger partial charge in [0.25, 0.3) is 0 Å². The Labute approximate surface area is 435 Å². The van der Waals surface area contributed by atoms with Crippen LogP contribution in [-0.2, 0) is 6.54 Å². The molecule has 5 aliphatic rings. The summed E-state index contributed by atoms with van der Waals surface area (Å²) in [6.45, 7) is 9.38. The highest BCUT2D eigenvalue weighted by atomic mass is 19.1. The number of nitrogens with zero attached hydrogens (tertiary/aromatic N) is 4. The first-order chi connectivity index (χ1) is 35.8. The quantitative estimate of drug-likeness (QED) is 0.0821. The Balaban J connectivity index is 1.05. The maximum absolute atomic E-state index is 14.1. The first-order valence-corrected chi connectivity index (χ1v) is 26.5. The Morgan fingerprint density at radius 1 is 0.685 bits per heavy atom. The lowest BCUT2D eigenvalue weighted by atomic mass is 9.88. The Morgan fingerprint density at radius 3 is 2.18 bits per heavy atom. The molecule has 1 heterocycles. The van der Waals surface area contributed by atoms with Gasteiger partial charge in [0.05, 0.1) is 0 Å². The van der Waals surface area contributed by atoms with Crippen molar-refractivity contribution >= 4 is 51.4 Å². The van der Waals surface area contributed by atoms with E-state index in [2.05, 4.69) is 235 Å². The third-order valence-corrected chi connectivity index (χ3v) is 14.4. The second kappa shape index (κ2) is 24.2. The smallest absolute Gasteiger partial charge is 0.123 e. The third-order valence-electron chi connectivity index (χ3n) is 14.4. The molecular formula is C68H71FN4. The van der Waals surface area contributed by atoms with Crippen molar-refractivity contribution in [3.63, 3.8) is 0 Å². The van der Waals surface area contributed by atoms with E-state index in [-0.39, 0.29) is 11.9 Å². The van der Waals surface area contributed by atoms with Gasteiger partial charge in [-0.25, -0.2) is 4.39 Å². The van der Waals surface area contributed by atoms with E-state index in [0.29, 0.717) is 0 Å². The van der Waals surface area contributed by atoms with Gasteiger partial charge in [0.2, 0.25) is 0 Å². The molecule has 0 N–H and O–H groups in total. The van der Waals surface area contributed by atoms with Crippen LogP contribution in [0, 0.1) is 5.82 Å². The minimum Gasteiger partial charge on any atom is -0.344 e. The van der Waals surface area contributed by atoms with Crippen LogP contribution in [-0.4, -0.2) is 17.7 Å². The van der Waals surface area contributed by atoms with Crippen LogP contribution in [0.2, 0.25) is 0 Å². The third kappa shape index (κ3) is 11.7. The number of hydrogen-bond acceptors (Lipinski definition) is 3. The maximum atomic E-state index is 14.1. The number of benzene rings is 3. The normalized spacial score (nSPS) is 19.2. The number of rotatable bonds is 16. The van der Waals surface area contributed by atoms with Crippen molar-refractivity contribution in [2.24, 2.45) is 0 Å². The molecule has 0 fully saturated rings. The first-order valence-electron chi connectivity index (χ1n) is 26.5. The molecule has 0 spiro atoms. The minimum atomic E-state index is -0.241. The van der Waals surface area contributed by atoms with Gasteiger partial charge in [-0.05, 0) is 187 Å². The predicted octanol–water partition coefficient (Wildman–Crippen LogP) is 18.6. The molecule has 0 radical (unpaired) electrons. The average Bonchev–Trinajstić information content (AvgIpc) is 3.50. The van der Waals surface area contributed by atoms with Gasteiger partial charge in [-0.2, -0.15) is 0 Å². The molecule has 73 heavy (non-hydrogen) atoms. The van der Waals surface area contributed by atoms with E-state index >= 15 is 0 Å². The van der Waals surface area contributed by atoms with Gasteiger partial charge in [0.15, 0.2) is 0 Å². The molecule has 0 saturated carbocycles. The Kier molecular flexibility index (Phi) is 16.7. The zero-order valence-electron chi connectivity index (χ0n) is 43.5. The molecule has 5 heteroatoms. The Morgan fingerprint density at radius 2 is 1.44 bits per heavy atom. The van der Waals surface area contributed by atoms with Gasteiger partial charge >= 0.3 is 0 Å². The highest BCUT2D eigenvalue weighted by molar-refractivity contribution is 5.97. The van der Waals surface area contributed by atoms with E-state index in [1.165, 1.54) is 73.8 Å². The van der Waals surface area contributed by atoms with Crippen LogP contribution < -0.4 is 14.7 Å². The van der Waals surface area contributed by atoms with Gasteiger partial charge in [-0.1, -0.05) is 133 Å². The molecule has 4 aromatic rings. The van der Waals surface area contributed by atoms with Crippen molar-refractivity contribution in [1.82, 2.24) is 4.57 Å². The molecule has 0 bridgehead atoms. The lowest BCUT2D eigenvalue weighted by molar-refractivity contribution is 0.628. The summed E-state index contributed by atoms with van der Waals surface area (Å²) < 4.78 is 16.6. The number of aromatic nitrogens is 1. The Hall–Kier alpha value is -7.63. The predicted molar refractivity (Wildman–Crippen MR) is 314 cm³/mol. The summed E-state index contributed by atoms with van der Waals surface area (Å²) in [6.07, 6.45) is 65.1. The molecule has 0 saturated heterocycles. The molecular weight excluding hydrogens is 892 g/mol. The summed E-state index contributed by atoms with van der Waals surface area (Å²) in [5, 5.41) is 1.30. The summed E-state index contributed by atoms with van der Waals surface area (Å²) in [5.74, 6) is -0.241. The zero-order chi connectivity index (χ0) is 50.5. The number of halogens is 1. The van der Waals surface area contributed by atoms with Crippen molar-refractivity contribution in [3.8, 4) is 0 Å². The van der Waals surface area contributed by atoms with Gasteiger partial charge in [-0.3, -0.25) is 0 Å². The number of allylic oxidation sites excluding steroid dienone is 28. The molecule has 9 rings (SSSR count). The molecule has 370 valence electrons. The van der Waals surface area contributed by atoms with Crippen LogP contribution in [0.1, 0.15) is 102 Å².